The molecule has 0 saturated carbocycles. The van der Waals surface area contributed by atoms with Crippen molar-refractivity contribution in [3.63, 3.8) is 0 Å². The third-order valence-electron chi connectivity index (χ3n) is 6.41. The summed E-state index contributed by atoms with van der Waals surface area (Å²) in [5.74, 6) is 1.33. The van der Waals surface area contributed by atoms with Gasteiger partial charge in [-0.3, -0.25) is 13.9 Å². The third-order valence-corrected chi connectivity index (χ3v) is 7.61. The zero-order valence-electron chi connectivity index (χ0n) is 23.1. The van der Waals surface area contributed by atoms with Gasteiger partial charge in [0.05, 0.1) is 19.1 Å². The predicted molar refractivity (Wildman–Crippen MR) is 150 cm³/mol. The maximum absolute atomic E-state index is 13.5. The third kappa shape index (κ3) is 8.26. The van der Waals surface area contributed by atoms with Crippen LogP contribution >= 0.6 is 0 Å². The predicted octanol–water partition coefficient (Wildman–Crippen LogP) is 3.35. The lowest BCUT2D eigenvalue weighted by molar-refractivity contribution is -0.141. The molecule has 3 rings (SSSR count). The van der Waals surface area contributed by atoms with Crippen LogP contribution in [0.25, 0.3) is 0 Å². The number of hydrogen-bond donors (Lipinski definition) is 1. The number of fused-ring (bicyclic) bond motifs is 1. The first-order valence-electron chi connectivity index (χ1n) is 13.2. The summed E-state index contributed by atoms with van der Waals surface area (Å²) in [6, 6.07) is 11.7. The van der Waals surface area contributed by atoms with Gasteiger partial charge in [-0.25, -0.2) is 8.42 Å². The highest BCUT2D eigenvalue weighted by Gasteiger charge is 2.29. The number of carbonyl (C=O) groups excluding carboxylic acids is 2. The molecular formula is C28H39N3O7S. The minimum atomic E-state index is -3.63. The van der Waals surface area contributed by atoms with Gasteiger partial charge in [0.25, 0.3) is 0 Å². The highest BCUT2D eigenvalue weighted by molar-refractivity contribution is 7.92. The number of rotatable bonds is 14. The minimum Gasteiger partial charge on any atom is -0.497 e. The van der Waals surface area contributed by atoms with Gasteiger partial charge in [0, 0.05) is 32.1 Å². The number of hydrogen-bond acceptors (Lipinski definition) is 7. The van der Waals surface area contributed by atoms with Gasteiger partial charge < -0.3 is 24.4 Å². The van der Waals surface area contributed by atoms with Crippen molar-refractivity contribution in [3.05, 3.63) is 48.0 Å². The van der Waals surface area contributed by atoms with Crippen LogP contribution in [-0.2, 0) is 26.2 Å². The van der Waals surface area contributed by atoms with Crippen LogP contribution in [0.5, 0.6) is 17.2 Å². The maximum Gasteiger partial charge on any atom is 0.242 e. The SMILES string of the molecule is CCCNC(=O)[C@@H](CC)N(Cc1ccc(OC)cc1)C(=O)CCCN(c1ccc2c(c1)OCCO2)S(C)(=O)=O. The van der Waals surface area contributed by atoms with Crippen LogP contribution in [0.15, 0.2) is 42.5 Å². The molecule has 2 aromatic rings. The molecule has 0 aliphatic carbocycles. The molecule has 0 bridgehead atoms. The lowest BCUT2D eigenvalue weighted by Gasteiger charge is -2.31. The molecule has 1 N–H and O–H groups in total. The van der Waals surface area contributed by atoms with Gasteiger partial charge in [0.15, 0.2) is 11.5 Å². The van der Waals surface area contributed by atoms with Crippen molar-refractivity contribution in [3.8, 4) is 17.2 Å². The van der Waals surface area contributed by atoms with E-state index in [4.69, 9.17) is 14.2 Å². The highest BCUT2D eigenvalue weighted by Crippen LogP contribution is 2.34. The molecule has 1 atom stereocenters. The topological polar surface area (TPSA) is 114 Å². The second-order valence-electron chi connectivity index (χ2n) is 9.35. The second kappa shape index (κ2) is 14.1. The molecule has 1 heterocycles. The van der Waals surface area contributed by atoms with Crippen molar-refractivity contribution >= 4 is 27.5 Å². The summed E-state index contributed by atoms with van der Waals surface area (Å²) in [6.45, 7) is 5.54. The van der Waals surface area contributed by atoms with E-state index in [2.05, 4.69) is 5.32 Å². The number of anilines is 1. The first-order valence-corrected chi connectivity index (χ1v) is 15.1. The fourth-order valence-electron chi connectivity index (χ4n) is 4.40. The number of benzene rings is 2. The van der Waals surface area contributed by atoms with E-state index in [1.54, 1.807) is 30.2 Å². The molecule has 214 valence electrons. The molecule has 39 heavy (non-hydrogen) atoms. The fourth-order valence-corrected chi connectivity index (χ4v) is 5.36. The highest BCUT2D eigenvalue weighted by atomic mass is 32.2. The Labute approximate surface area is 231 Å². The Hall–Kier alpha value is -3.47. The zero-order chi connectivity index (χ0) is 28.4. The van der Waals surface area contributed by atoms with Gasteiger partial charge in [0.2, 0.25) is 21.8 Å². The molecular weight excluding hydrogens is 522 g/mol. The fraction of sp³-hybridized carbons (Fsp3) is 0.500. The Morgan fingerprint density at radius 1 is 1.05 bits per heavy atom. The van der Waals surface area contributed by atoms with Crippen molar-refractivity contribution in [1.29, 1.82) is 0 Å². The average molecular weight is 562 g/mol. The second-order valence-corrected chi connectivity index (χ2v) is 11.3. The lowest BCUT2D eigenvalue weighted by Crippen LogP contribution is -2.49. The van der Waals surface area contributed by atoms with Crippen LogP contribution in [-0.4, -0.2) is 70.8 Å². The van der Waals surface area contributed by atoms with Crippen LogP contribution in [0.1, 0.15) is 45.1 Å². The Morgan fingerprint density at radius 3 is 2.36 bits per heavy atom. The van der Waals surface area contributed by atoms with Crippen molar-refractivity contribution in [2.45, 2.75) is 52.1 Å². The number of nitrogens with one attached hydrogen (secondary N) is 1. The van der Waals surface area contributed by atoms with Gasteiger partial charge >= 0.3 is 0 Å². The van der Waals surface area contributed by atoms with Crippen molar-refractivity contribution < 1.29 is 32.2 Å². The van der Waals surface area contributed by atoms with E-state index < -0.39 is 16.1 Å². The molecule has 1 aliphatic heterocycles. The Bertz CT molecular complexity index is 1220. The van der Waals surface area contributed by atoms with Crippen molar-refractivity contribution in [2.75, 3.05) is 44.0 Å². The summed E-state index contributed by atoms with van der Waals surface area (Å²) in [4.78, 5) is 28.1. The van der Waals surface area contributed by atoms with Crippen molar-refractivity contribution in [2.24, 2.45) is 0 Å². The van der Waals surface area contributed by atoms with E-state index in [-0.39, 0.29) is 37.7 Å². The lowest BCUT2D eigenvalue weighted by atomic mass is 10.1. The summed E-state index contributed by atoms with van der Waals surface area (Å²) in [7, 11) is -2.04. The molecule has 11 heteroatoms. The summed E-state index contributed by atoms with van der Waals surface area (Å²) in [5.41, 5.74) is 1.30. The van der Waals surface area contributed by atoms with Crippen LogP contribution in [0.2, 0.25) is 0 Å². The molecule has 10 nitrogen and oxygen atoms in total. The zero-order valence-corrected chi connectivity index (χ0v) is 24.0. The molecule has 2 aromatic carbocycles. The average Bonchev–Trinajstić information content (AvgIpc) is 2.93. The first kappa shape index (κ1) is 30.1. The largest absolute Gasteiger partial charge is 0.497 e. The van der Waals surface area contributed by atoms with Gasteiger partial charge in [0.1, 0.15) is 25.0 Å². The van der Waals surface area contributed by atoms with Crippen LogP contribution < -0.4 is 23.8 Å². The Morgan fingerprint density at radius 2 is 1.74 bits per heavy atom. The minimum absolute atomic E-state index is 0.0737. The smallest absolute Gasteiger partial charge is 0.242 e. The number of carbonyl (C=O) groups is 2. The Balaban J connectivity index is 1.76. The van der Waals surface area contributed by atoms with E-state index >= 15 is 0 Å². The Kier molecular flexibility index (Phi) is 10.8. The van der Waals surface area contributed by atoms with E-state index in [9.17, 15) is 18.0 Å². The van der Waals surface area contributed by atoms with Gasteiger partial charge in [-0.1, -0.05) is 26.0 Å². The van der Waals surface area contributed by atoms with Gasteiger partial charge in [-0.2, -0.15) is 0 Å². The first-order chi connectivity index (χ1) is 18.7. The monoisotopic (exact) mass is 561 g/mol. The van der Waals surface area contributed by atoms with Crippen LogP contribution in [0.3, 0.4) is 0 Å². The van der Waals surface area contributed by atoms with E-state index in [0.717, 1.165) is 18.2 Å². The number of sulfonamides is 1. The number of amides is 2. The molecule has 0 saturated heterocycles. The normalized spacial score (nSPS) is 13.3. The van der Waals surface area contributed by atoms with Crippen LogP contribution in [0.4, 0.5) is 5.69 Å². The van der Waals surface area contributed by atoms with Crippen LogP contribution in [0, 0.1) is 0 Å². The van der Waals surface area contributed by atoms with Gasteiger partial charge in [-0.15, -0.1) is 0 Å². The summed E-state index contributed by atoms with van der Waals surface area (Å²) in [5, 5.41) is 2.90. The van der Waals surface area contributed by atoms with E-state index in [1.807, 2.05) is 38.1 Å². The molecule has 1 aliphatic rings. The van der Waals surface area contributed by atoms with E-state index in [0.29, 0.717) is 49.1 Å². The number of nitrogens with zero attached hydrogens (tertiary/aromatic N) is 2. The molecule has 0 unspecified atom stereocenters. The maximum atomic E-state index is 13.5. The summed E-state index contributed by atoms with van der Waals surface area (Å²) in [6.07, 6.45) is 2.71. The molecule has 0 spiro atoms. The molecule has 0 aromatic heterocycles. The quantitative estimate of drug-likeness (QED) is 0.376. The summed E-state index contributed by atoms with van der Waals surface area (Å²) < 4.78 is 42.9. The molecule has 2 amide bonds. The number of methoxy groups -OCH3 is 1. The van der Waals surface area contributed by atoms with E-state index in [1.165, 1.54) is 4.31 Å². The number of ether oxygens (including phenoxy) is 3. The standard InChI is InChI=1S/C28H39N3O7S/c1-5-15-29-28(33)24(6-2)30(20-21-9-12-23(36-3)13-10-21)27(32)8-7-16-31(39(4,34)35)22-11-14-25-26(19-22)38-18-17-37-25/h9-14,19,24H,5-8,15-18,20H2,1-4H3,(H,29,33)/t24-/m1/s1. The summed E-state index contributed by atoms with van der Waals surface area (Å²) >= 11 is 0. The molecule has 0 radical (unpaired) electrons. The van der Waals surface area contributed by atoms with Gasteiger partial charge in [-0.05, 0) is 49.1 Å². The van der Waals surface area contributed by atoms with Crippen molar-refractivity contribution in [1.82, 2.24) is 10.2 Å². The molecule has 0 fully saturated rings.